The number of rotatable bonds is 3. The number of esters is 1. The maximum atomic E-state index is 13.8. The van der Waals surface area contributed by atoms with Gasteiger partial charge in [-0.1, -0.05) is 0 Å². The van der Waals surface area contributed by atoms with E-state index in [1.165, 1.54) is 19.2 Å². The standard InChI is InChI=1S/C14H10BrF2NO3/c1-20-14(19)8-5-13(11(17)6-12(8)18)21-7-2-3-9(15)10(16)4-7/h2-6H,18H2,1H3. The SMILES string of the molecule is COC(=O)c1cc(Oc2ccc(Br)c(F)c2)c(F)cc1N. The topological polar surface area (TPSA) is 61.5 Å². The maximum Gasteiger partial charge on any atom is 0.340 e. The molecule has 0 bridgehead atoms. The summed E-state index contributed by atoms with van der Waals surface area (Å²) in [5.74, 6) is -2.24. The Balaban J connectivity index is 2.39. The Morgan fingerprint density at radius 2 is 1.90 bits per heavy atom. The molecule has 0 atom stereocenters. The zero-order chi connectivity index (χ0) is 15.6. The van der Waals surface area contributed by atoms with Crippen LogP contribution in [-0.4, -0.2) is 13.1 Å². The highest BCUT2D eigenvalue weighted by atomic mass is 79.9. The molecule has 2 aromatic rings. The summed E-state index contributed by atoms with van der Waals surface area (Å²) >= 11 is 3.00. The molecule has 0 fully saturated rings. The van der Waals surface area contributed by atoms with Gasteiger partial charge in [0.1, 0.15) is 11.6 Å². The second-order valence-electron chi connectivity index (χ2n) is 4.04. The molecule has 2 aromatic carbocycles. The van der Waals surface area contributed by atoms with E-state index >= 15 is 0 Å². The molecule has 0 aliphatic carbocycles. The Hall–Kier alpha value is -2.15. The number of carbonyl (C=O) groups is 1. The van der Waals surface area contributed by atoms with Crippen LogP contribution in [0.3, 0.4) is 0 Å². The molecule has 0 radical (unpaired) electrons. The van der Waals surface area contributed by atoms with Gasteiger partial charge in [-0.15, -0.1) is 0 Å². The van der Waals surface area contributed by atoms with Gasteiger partial charge in [-0.2, -0.15) is 0 Å². The van der Waals surface area contributed by atoms with Gasteiger partial charge >= 0.3 is 5.97 Å². The minimum atomic E-state index is -0.775. The fourth-order valence-corrected chi connectivity index (χ4v) is 1.85. The highest BCUT2D eigenvalue weighted by Gasteiger charge is 2.16. The number of methoxy groups -OCH3 is 1. The summed E-state index contributed by atoms with van der Waals surface area (Å²) in [6.45, 7) is 0. The van der Waals surface area contributed by atoms with Crippen molar-refractivity contribution in [2.75, 3.05) is 12.8 Å². The van der Waals surface area contributed by atoms with Gasteiger partial charge in [-0.05, 0) is 28.1 Å². The fraction of sp³-hybridized carbons (Fsp3) is 0.0714. The number of nitrogen functional groups attached to an aromatic ring is 1. The van der Waals surface area contributed by atoms with Crippen molar-refractivity contribution in [1.29, 1.82) is 0 Å². The average Bonchev–Trinajstić information content (AvgIpc) is 2.45. The van der Waals surface area contributed by atoms with E-state index in [1.807, 2.05) is 0 Å². The molecule has 2 N–H and O–H groups in total. The molecule has 7 heteroatoms. The van der Waals surface area contributed by atoms with Gasteiger partial charge in [0.05, 0.1) is 17.1 Å². The van der Waals surface area contributed by atoms with Crippen LogP contribution in [0.1, 0.15) is 10.4 Å². The quantitative estimate of drug-likeness (QED) is 0.668. The Kier molecular flexibility index (Phi) is 4.42. The second kappa shape index (κ2) is 6.09. The highest BCUT2D eigenvalue weighted by molar-refractivity contribution is 9.10. The number of carbonyl (C=O) groups excluding carboxylic acids is 1. The minimum absolute atomic E-state index is 0.0357. The fourth-order valence-electron chi connectivity index (χ4n) is 1.60. The van der Waals surface area contributed by atoms with Gasteiger partial charge in [-0.3, -0.25) is 0 Å². The van der Waals surface area contributed by atoms with Crippen molar-refractivity contribution in [2.45, 2.75) is 0 Å². The molecule has 0 aromatic heterocycles. The van der Waals surface area contributed by atoms with Crippen LogP contribution in [0.5, 0.6) is 11.5 Å². The van der Waals surface area contributed by atoms with Crippen molar-refractivity contribution in [3.05, 3.63) is 52.0 Å². The van der Waals surface area contributed by atoms with Crippen molar-refractivity contribution in [2.24, 2.45) is 0 Å². The van der Waals surface area contributed by atoms with Crippen LogP contribution in [0.15, 0.2) is 34.8 Å². The van der Waals surface area contributed by atoms with Crippen LogP contribution in [0.2, 0.25) is 0 Å². The van der Waals surface area contributed by atoms with E-state index in [-0.39, 0.29) is 27.2 Å². The zero-order valence-corrected chi connectivity index (χ0v) is 12.4. The minimum Gasteiger partial charge on any atom is -0.465 e. The van der Waals surface area contributed by atoms with Crippen LogP contribution in [0.4, 0.5) is 14.5 Å². The smallest absolute Gasteiger partial charge is 0.340 e. The number of hydrogen-bond acceptors (Lipinski definition) is 4. The number of ether oxygens (including phenoxy) is 2. The van der Waals surface area contributed by atoms with E-state index in [2.05, 4.69) is 20.7 Å². The van der Waals surface area contributed by atoms with Crippen molar-refractivity contribution < 1.29 is 23.0 Å². The Morgan fingerprint density at radius 3 is 2.52 bits per heavy atom. The first-order valence-corrected chi connectivity index (χ1v) is 6.52. The molecule has 0 amide bonds. The van der Waals surface area contributed by atoms with Gasteiger partial charge in [0.15, 0.2) is 11.6 Å². The van der Waals surface area contributed by atoms with Crippen molar-refractivity contribution in [1.82, 2.24) is 0 Å². The predicted molar refractivity (Wildman–Crippen MR) is 76.3 cm³/mol. The number of halogens is 3. The number of anilines is 1. The van der Waals surface area contributed by atoms with Crippen molar-refractivity contribution in [3.63, 3.8) is 0 Å². The van der Waals surface area contributed by atoms with Gasteiger partial charge < -0.3 is 15.2 Å². The Morgan fingerprint density at radius 1 is 1.19 bits per heavy atom. The third kappa shape index (κ3) is 3.30. The van der Waals surface area contributed by atoms with Crippen LogP contribution in [-0.2, 0) is 4.74 Å². The van der Waals surface area contributed by atoms with Gasteiger partial charge in [0.25, 0.3) is 0 Å². The first kappa shape index (κ1) is 15.2. The number of hydrogen-bond donors (Lipinski definition) is 1. The summed E-state index contributed by atoms with van der Waals surface area (Å²) in [5.41, 5.74) is 5.43. The Labute approximate surface area is 127 Å². The molecule has 21 heavy (non-hydrogen) atoms. The monoisotopic (exact) mass is 357 g/mol. The molecule has 0 saturated heterocycles. The average molecular weight is 358 g/mol. The molecular formula is C14H10BrF2NO3. The summed E-state index contributed by atoms with van der Waals surface area (Å²) in [7, 11) is 1.18. The third-order valence-corrected chi connectivity index (χ3v) is 3.27. The molecule has 0 aliphatic heterocycles. The largest absolute Gasteiger partial charge is 0.465 e. The lowest BCUT2D eigenvalue weighted by molar-refractivity contribution is 0.0601. The summed E-state index contributed by atoms with van der Waals surface area (Å²) in [5, 5.41) is 0. The summed E-state index contributed by atoms with van der Waals surface area (Å²) in [4.78, 5) is 11.5. The first-order valence-electron chi connectivity index (χ1n) is 5.72. The van der Waals surface area contributed by atoms with Crippen molar-refractivity contribution in [3.8, 4) is 11.5 Å². The zero-order valence-electron chi connectivity index (χ0n) is 10.8. The van der Waals surface area contributed by atoms with Gasteiger partial charge in [0, 0.05) is 23.9 Å². The molecule has 110 valence electrons. The van der Waals surface area contributed by atoms with E-state index in [0.717, 1.165) is 18.2 Å². The summed E-state index contributed by atoms with van der Waals surface area (Å²) < 4.78 is 37.2. The summed E-state index contributed by atoms with van der Waals surface area (Å²) in [6, 6.07) is 5.99. The molecule has 0 saturated carbocycles. The highest BCUT2D eigenvalue weighted by Crippen LogP contribution is 2.30. The molecule has 0 heterocycles. The summed E-state index contributed by atoms with van der Waals surface area (Å²) in [6.07, 6.45) is 0. The van der Waals surface area contributed by atoms with Crippen molar-refractivity contribution >= 4 is 27.6 Å². The normalized spacial score (nSPS) is 10.3. The lowest BCUT2D eigenvalue weighted by atomic mass is 10.1. The number of benzene rings is 2. The van der Waals surface area contributed by atoms with Crippen LogP contribution >= 0.6 is 15.9 Å². The van der Waals surface area contributed by atoms with Crippen LogP contribution in [0.25, 0.3) is 0 Å². The lowest BCUT2D eigenvalue weighted by Crippen LogP contribution is -2.06. The predicted octanol–water partition coefficient (Wildman–Crippen LogP) is 3.89. The van der Waals surface area contributed by atoms with Gasteiger partial charge in [-0.25, -0.2) is 13.6 Å². The maximum absolute atomic E-state index is 13.8. The van der Waals surface area contributed by atoms with Crippen LogP contribution < -0.4 is 10.5 Å². The Bertz CT molecular complexity index is 707. The first-order chi connectivity index (χ1) is 9.92. The molecule has 0 spiro atoms. The second-order valence-corrected chi connectivity index (χ2v) is 4.89. The molecular weight excluding hydrogens is 348 g/mol. The number of nitrogens with two attached hydrogens (primary N) is 1. The van der Waals surface area contributed by atoms with Gasteiger partial charge in [0.2, 0.25) is 0 Å². The van der Waals surface area contributed by atoms with E-state index in [1.54, 1.807) is 0 Å². The molecule has 0 unspecified atom stereocenters. The van der Waals surface area contributed by atoms with Crippen LogP contribution in [0, 0.1) is 11.6 Å². The molecule has 0 aliphatic rings. The van der Waals surface area contributed by atoms with E-state index in [0.29, 0.717) is 0 Å². The van der Waals surface area contributed by atoms with E-state index in [4.69, 9.17) is 10.5 Å². The van der Waals surface area contributed by atoms with E-state index in [9.17, 15) is 13.6 Å². The molecule has 4 nitrogen and oxygen atoms in total. The lowest BCUT2D eigenvalue weighted by Gasteiger charge is -2.10. The third-order valence-electron chi connectivity index (χ3n) is 2.63. The molecule has 2 rings (SSSR count). The van der Waals surface area contributed by atoms with E-state index < -0.39 is 17.6 Å².